The third-order valence-corrected chi connectivity index (χ3v) is 4.85. The van der Waals surface area contributed by atoms with E-state index in [9.17, 15) is 4.79 Å². The van der Waals surface area contributed by atoms with E-state index in [2.05, 4.69) is 15.5 Å². The molecule has 1 amide bonds. The Morgan fingerprint density at radius 1 is 1.19 bits per heavy atom. The first-order chi connectivity index (χ1) is 12.6. The molecular formula is C19H18ClN3O2S. The lowest BCUT2D eigenvalue weighted by Crippen LogP contribution is -2.32. The molecule has 0 saturated heterocycles. The molecule has 0 fully saturated rings. The number of carbonyl (C=O) groups is 1. The summed E-state index contributed by atoms with van der Waals surface area (Å²) in [5.74, 6) is 0.320. The summed E-state index contributed by atoms with van der Waals surface area (Å²) in [6.07, 6.45) is 0.795. The minimum atomic E-state index is -0.335. The molecule has 26 heavy (non-hydrogen) atoms. The number of rotatable bonds is 7. The van der Waals surface area contributed by atoms with Crippen LogP contribution in [-0.2, 0) is 11.2 Å². The fraction of sp³-hybridized carbons (Fsp3) is 0.211. The Morgan fingerprint density at radius 2 is 2.00 bits per heavy atom. The summed E-state index contributed by atoms with van der Waals surface area (Å²) < 4.78 is 5.62. The minimum absolute atomic E-state index is 0.0616. The van der Waals surface area contributed by atoms with E-state index in [-0.39, 0.29) is 11.2 Å². The maximum Gasteiger partial charge on any atom is 0.277 e. The predicted octanol–water partition coefficient (Wildman–Crippen LogP) is 4.23. The Kier molecular flexibility index (Phi) is 6.30. The average Bonchev–Trinajstić information content (AvgIpc) is 3.11. The molecule has 1 aromatic heterocycles. The number of nitrogens with one attached hydrogen (secondary N) is 1. The van der Waals surface area contributed by atoms with Gasteiger partial charge < -0.3 is 9.73 Å². The quantitative estimate of drug-likeness (QED) is 0.614. The van der Waals surface area contributed by atoms with Crippen LogP contribution in [0.2, 0.25) is 5.02 Å². The zero-order chi connectivity index (χ0) is 18.4. The molecule has 0 spiro atoms. The van der Waals surface area contributed by atoms with Crippen molar-refractivity contribution in [1.29, 1.82) is 0 Å². The molecule has 3 aromatic rings. The van der Waals surface area contributed by atoms with Crippen molar-refractivity contribution >= 4 is 29.3 Å². The van der Waals surface area contributed by atoms with Crippen LogP contribution in [0.15, 0.2) is 64.2 Å². The number of halogens is 1. The lowest BCUT2D eigenvalue weighted by Gasteiger charge is -2.09. The van der Waals surface area contributed by atoms with Crippen LogP contribution >= 0.6 is 23.4 Å². The highest BCUT2D eigenvalue weighted by molar-refractivity contribution is 8.00. The van der Waals surface area contributed by atoms with Gasteiger partial charge in [-0.15, -0.1) is 10.2 Å². The Hall–Kier alpha value is -2.31. The third-order valence-electron chi connectivity index (χ3n) is 3.68. The van der Waals surface area contributed by atoms with Crippen LogP contribution in [0, 0.1) is 0 Å². The minimum Gasteiger partial charge on any atom is -0.411 e. The molecular weight excluding hydrogens is 370 g/mol. The summed E-state index contributed by atoms with van der Waals surface area (Å²) in [4.78, 5) is 12.2. The third kappa shape index (κ3) is 5.09. The normalized spacial score (nSPS) is 11.9. The summed E-state index contributed by atoms with van der Waals surface area (Å²) in [5, 5.41) is 11.6. The largest absolute Gasteiger partial charge is 0.411 e. The second-order valence-electron chi connectivity index (χ2n) is 5.67. The number of nitrogens with zero attached hydrogens (tertiary/aromatic N) is 2. The zero-order valence-electron chi connectivity index (χ0n) is 14.2. The zero-order valence-corrected chi connectivity index (χ0v) is 15.8. The van der Waals surface area contributed by atoms with E-state index >= 15 is 0 Å². The molecule has 1 heterocycles. The van der Waals surface area contributed by atoms with Gasteiger partial charge >= 0.3 is 0 Å². The summed E-state index contributed by atoms with van der Waals surface area (Å²) >= 11 is 7.20. The number of hydrogen-bond donors (Lipinski definition) is 1. The highest BCUT2D eigenvalue weighted by Crippen LogP contribution is 2.27. The average molecular weight is 388 g/mol. The molecule has 3 rings (SSSR count). The van der Waals surface area contributed by atoms with E-state index in [0.717, 1.165) is 12.0 Å². The van der Waals surface area contributed by atoms with Crippen molar-refractivity contribution in [3.63, 3.8) is 0 Å². The van der Waals surface area contributed by atoms with Crippen molar-refractivity contribution in [2.75, 3.05) is 6.54 Å². The van der Waals surface area contributed by atoms with Crippen LogP contribution in [0.5, 0.6) is 0 Å². The van der Waals surface area contributed by atoms with Crippen molar-refractivity contribution in [1.82, 2.24) is 15.5 Å². The highest BCUT2D eigenvalue weighted by Gasteiger charge is 2.18. The number of carbonyl (C=O) groups excluding carboxylic acids is 1. The van der Waals surface area contributed by atoms with Gasteiger partial charge in [0.15, 0.2) is 0 Å². The fourth-order valence-corrected chi connectivity index (χ4v) is 3.22. The van der Waals surface area contributed by atoms with Crippen molar-refractivity contribution < 1.29 is 9.21 Å². The molecule has 0 unspecified atom stereocenters. The maximum absolute atomic E-state index is 12.2. The van der Waals surface area contributed by atoms with Crippen LogP contribution in [-0.4, -0.2) is 27.9 Å². The van der Waals surface area contributed by atoms with Crippen LogP contribution < -0.4 is 5.32 Å². The number of aromatic nitrogens is 2. The molecule has 5 nitrogen and oxygen atoms in total. The molecule has 0 radical (unpaired) electrons. The first-order valence-electron chi connectivity index (χ1n) is 8.19. The van der Waals surface area contributed by atoms with E-state index in [1.165, 1.54) is 17.3 Å². The Balaban J connectivity index is 1.51. The van der Waals surface area contributed by atoms with Gasteiger partial charge in [-0.1, -0.05) is 59.8 Å². The first-order valence-corrected chi connectivity index (χ1v) is 9.45. The molecule has 2 aromatic carbocycles. The lowest BCUT2D eigenvalue weighted by atomic mass is 10.1. The van der Waals surface area contributed by atoms with E-state index < -0.39 is 0 Å². The van der Waals surface area contributed by atoms with Gasteiger partial charge in [-0.25, -0.2) is 0 Å². The van der Waals surface area contributed by atoms with E-state index in [0.29, 0.717) is 22.7 Å². The van der Waals surface area contributed by atoms with Gasteiger partial charge in [-0.3, -0.25) is 4.79 Å². The smallest absolute Gasteiger partial charge is 0.277 e. The monoisotopic (exact) mass is 387 g/mol. The number of benzene rings is 2. The molecule has 0 bridgehead atoms. The molecule has 0 aliphatic rings. The predicted molar refractivity (Wildman–Crippen MR) is 103 cm³/mol. The van der Waals surface area contributed by atoms with Gasteiger partial charge in [-0.05, 0) is 37.1 Å². The SMILES string of the molecule is C[C@@H](Sc1nnc(-c2cccc(Cl)c2)o1)C(=O)NCCc1ccccc1. The van der Waals surface area contributed by atoms with Crippen LogP contribution in [0.25, 0.3) is 11.5 Å². The van der Waals surface area contributed by atoms with E-state index in [4.69, 9.17) is 16.0 Å². The van der Waals surface area contributed by atoms with Crippen LogP contribution in [0.3, 0.4) is 0 Å². The summed E-state index contributed by atoms with van der Waals surface area (Å²) in [6.45, 7) is 2.40. The van der Waals surface area contributed by atoms with Crippen molar-refractivity contribution in [2.24, 2.45) is 0 Å². The van der Waals surface area contributed by atoms with Crippen molar-refractivity contribution in [2.45, 2.75) is 23.8 Å². The van der Waals surface area contributed by atoms with Gasteiger partial charge in [0.1, 0.15) is 0 Å². The molecule has 1 N–H and O–H groups in total. The molecule has 0 aliphatic carbocycles. The van der Waals surface area contributed by atoms with E-state index in [1.54, 1.807) is 12.1 Å². The fourth-order valence-electron chi connectivity index (χ4n) is 2.32. The number of thioether (sulfide) groups is 1. The van der Waals surface area contributed by atoms with Gasteiger partial charge in [-0.2, -0.15) is 0 Å². The van der Waals surface area contributed by atoms with Crippen molar-refractivity contribution in [3.05, 3.63) is 65.2 Å². The Morgan fingerprint density at radius 3 is 2.77 bits per heavy atom. The second kappa shape index (κ2) is 8.87. The van der Waals surface area contributed by atoms with Gasteiger partial charge in [0.05, 0.1) is 5.25 Å². The summed E-state index contributed by atoms with van der Waals surface area (Å²) in [5.41, 5.74) is 1.94. The molecule has 134 valence electrons. The Bertz CT molecular complexity index is 870. The van der Waals surface area contributed by atoms with E-state index in [1.807, 2.05) is 49.4 Å². The lowest BCUT2D eigenvalue weighted by molar-refractivity contribution is -0.120. The van der Waals surface area contributed by atoms with Gasteiger partial charge in [0, 0.05) is 17.1 Å². The Labute approximate surface area is 161 Å². The molecule has 7 heteroatoms. The number of hydrogen-bond acceptors (Lipinski definition) is 5. The highest BCUT2D eigenvalue weighted by atomic mass is 35.5. The standard InChI is InChI=1S/C19H18ClN3O2S/c1-13(17(24)21-11-10-14-6-3-2-4-7-14)26-19-23-22-18(25-19)15-8-5-9-16(20)12-15/h2-9,12-13H,10-11H2,1H3,(H,21,24)/t13-/m1/s1. The summed E-state index contributed by atoms with van der Waals surface area (Å²) in [6, 6.07) is 17.2. The summed E-state index contributed by atoms with van der Waals surface area (Å²) in [7, 11) is 0. The molecule has 1 atom stereocenters. The number of amides is 1. The molecule has 0 aliphatic heterocycles. The van der Waals surface area contributed by atoms with Crippen LogP contribution in [0.4, 0.5) is 0 Å². The molecule has 0 saturated carbocycles. The first kappa shape index (κ1) is 18.5. The van der Waals surface area contributed by atoms with Gasteiger partial charge in [0.2, 0.25) is 11.8 Å². The van der Waals surface area contributed by atoms with Gasteiger partial charge in [0.25, 0.3) is 5.22 Å². The second-order valence-corrected chi connectivity index (χ2v) is 7.40. The van der Waals surface area contributed by atoms with Crippen molar-refractivity contribution in [3.8, 4) is 11.5 Å². The maximum atomic E-state index is 12.2. The topological polar surface area (TPSA) is 68.0 Å². The van der Waals surface area contributed by atoms with Crippen LogP contribution in [0.1, 0.15) is 12.5 Å².